The molecule has 0 amide bonds. The van der Waals surface area contributed by atoms with Crippen molar-refractivity contribution in [2.24, 2.45) is 0 Å². The molecule has 0 saturated heterocycles. The van der Waals surface area contributed by atoms with Gasteiger partial charge in [0, 0.05) is 12.2 Å². The van der Waals surface area contributed by atoms with E-state index >= 15 is 0 Å². The van der Waals surface area contributed by atoms with Gasteiger partial charge in [0.2, 0.25) is 0 Å². The summed E-state index contributed by atoms with van der Waals surface area (Å²) in [6, 6.07) is 6.54. The summed E-state index contributed by atoms with van der Waals surface area (Å²) in [5.41, 5.74) is 7.00. The summed E-state index contributed by atoms with van der Waals surface area (Å²) < 4.78 is 2.35. The first-order valence-corrected chi connectivity index (χ1v) is 6.83. The summed E-state index contributed by atoms with van der Waals surface area (Å²) in [5, 5.41) is 0. The third-order valence-corrected chi connectivity index (χ3v) is 4.08. The van der Waals surface area contributed by atoms with Gasteiger partial charge in [0.05, 0.1) is 12.0 Å². The molecule has 0 atom stereocenters. The topological polar surface area (TPSA) is 17.8 Å². The Labute approximate surface area is 109 Å². The van der Waals surface area contributed by atoms with E-state index in [0.717, 1.165) is 13.0 Å². The zero-order chi connectivity index (χ0) is 12.5. The van der Waals surface area contributed by atoms with E-state index in [1.165, 1.54) is 47.3 Å². The van der Waals surface area contributed by atoms with E-state index in [1.54, 1.807) is 0 Å². The second-order valence-corrected chi connectivity index (χ2v) is 5.34. The quantitative estimate of drug-likeness (QED) is 0.786. The largest absolute Gasteiger partial charge is 0.330 e. The molecule has 1 aliphatic carbocycles. The maximum absolute atomic E-state index is 4.58. The monoisotopic (exact) mass is 240 g/mol. The maximum atomic E-state index is 4.58. The van der Waals surface area contributed by atoms with Crippen LogP contribution in [0.4, 0.5) is 0 Å². The third-order valence-electron chi connectivity index (χ3n) is 4.08. The average molecular weight is 240 g/mol. The summed E-state index contributed by atoms with van der Waals surface area (Å²) >= 11 is 0. The molecule has 2 nitrogen and oxygen atoms in total. The minimum Gasteiger partial charge on any atom is -0.330 e. The molecule has 0 bridgehead atoms. The number of nitrogens with zero attached hydrogens (tertiary/aromatic N) is 2. The van der Waals surface area contributed by atoms with Crippen LogP contribution < -0.4 is 0 Å². The van der Waals surface area contributed by atoms with E-state index in [0.29, 0.717) is 0 Å². The van der Waals surface area contributed by atoms with Gasteiger partial charge in [-0.1, -0.05) is 18.2 Å². The molecule has 0 N–H and O–H groups in total. The lowest BCUT2D eigenvalue weighted by atomic mass is 10.00. The number of hydrogen-bond donors (Lipinski definition) is 0. The van der Waals surface area contributed by atoms with E-state index in [9.17, 15) is 0 Å². The third kappa shape index (κ3) is 1.96. The molecule has 1 heterocycles. The summed E-state index contributed by atoms with van der Waals surface area (Å²) in [5.74, 6) is 0. The molecule has 0 unspecified atom stereocenters. The molecular weight excluding hydrogens is 220 g/mol. The van der Waals surface area contributed by atoms with Gasteiger partial charge in [0.1, 0.15) is 0 Å². The number of benzene rings is 1. The average Bonchev–Trinajstić information content (AvgIpc) is 2.77. The lowest BCUT2D eigenvalue weighted by Crippen LogP contribution is -2.10. The van der Waals surface area contributed by atoms with Crippen LogP contribution in [0.2, 0.25) is 0 Å². The van der Waals surface area contributed by atoms with E-state index in [4.69, 9.17) is 0 Å². The Morgan fingerprint density at radius 1 is 1.11 bits per heavy atom. The number of imidazole rings is 1. The van der Waals surface area contributed by atoms with Crippen molar-refractivity contribution in [2.75, 3.05) is 0 Å². The Hall–Kier alpha value is -1.57. The molecule has 2 aromatic rings. The zero-order valence-corrected chi connectivity index (χ0v) is 11.2. The first-order chi connectivity index (χ1) is 8.75. The van der Waals surface area contributed by atoms with E-state index in [-0.39, 0.29) is 0 Å². The summed E-state index contributed by atoms with van der Waals surface area (Å²) in [6.45, 7) is 5.37. The number of fused-ring (bicyclic) bond motifs is 1. The van der Waals surface area contributed by atoms with Gasteiger partial charge in [-0.25, -0.2) is 4.98 Å². The smallest absolute Gasteiger partial charge is 0.0954 e. The highest BCUT2D eigenvalue weighted by Crippen LogP contribution is 2.22. The lowest BCUT2D eigenvalue weighted by molar-refractivity contribution is 0.627. The minimum absolute atomic E-state index is 0.973. The minimum atomic E-state index is 0.973. The van der Waals surface area contributed by atoms with Crippen LogP contribution in [-0.4, -0.2) is 9.55 Å². The molecule has 0 saturated carbocycles. The van der Waals surface area contributed by atoms with E-state index < -0.39 is 0 Å². The first-order valence-electron chi connectivity index (χ1n) is 6.83. The number of aromatic nitrogens is 2. The van der Waals surface area contributed by atoms with Crippen molar-refractivity contribution in [3.63, 3.8) is 0 Å². The molecule has 3 rings (SSSR count). The predicted octanol–water partition coefficient (Wildman–Crippen LogP) is 3.43. The highest BCUT2D eigenvalue weighted by atomic mass is 15.1. The van der Waals surface area contributed by atoms with Crippen molar-refractivity contribution in [1.29, 1.82) is 0 Å². The van der Waals surface area contributed by atoms with Crippen LogP contribution in [0.15, 0.2) is 24.5 Å². The number of aryl methyl sites for hydroxylation is 3. The van der Waals surface area contributed by atoms with Gasteiger partial charge < -0.3 is 4.57 Å². The molecule has 0 radical (unpaired) electrons. The Morgan fingerprint density at radius 2 is 1.83 bits per heavy atom. The van der Waals surface area contributed by atoms with Crippen molar-refractivity contribution in [1.82, 2.24) is 9.55 Å². The van der Waals surface area contributed by atoms with Crippen LogP contribution >= 0.6 is 0 Å². The Balaban J connectivity index is 1.95. The van der Waals surface area contributed by atoms with Gasteiger partial charge in [-0.15, -0.1) is 0 Å². The molecule has 94 valence electrons. The van der Waals surface area contributed by atoms with Gasteiger partial charge in [-0.3, -0.25) is 0 Å². The molecule has 0 spiro atoms. The van der Waals surface area contributed by atoms with Gasteiger partial charge in [-0.2, -0.15) is 0 Å². The molecule has 0 aliphatic heterocycles. The molecule has 0 fully saturated rings. The molecular formula is C16H20N2. The van der Waals surface area contributed by atoms with Gasteiger partial charge in [-0.05, 0) is 56.2 Å². The molecule has 1 aromatic carbocycles. The summed E-state index contributed by atoms with van der Waals surface area (Å²) in [7, 11) is 0. The highest BCUT2D eigenvalue weighted by molar-refractivity contribution is 5.34. The van der Waals surface area contributed by atoms with Crippen molar-refractivity contribution >= 4 is 0 Å². The standard InChI is InChI=1S/C16H20N2/c1-12-6-5-7-13(2)14(12)10-18-11-17-15-8-3-4-9-16(15)18/h5-7,11H,3-4,8-10H2,1-2H3. The fourth-order valence-electron chi connectivity index (χ4n) is 2.94. The lowest BCUT2D eigenvalue weighted by Gasteiger charge is -2.16. The first kappa shape index (κ1) is 11.5. The van der Waals surface area contributed by atoms with E-state index in [1.807, 2.05) is 6.33 Å². The second-order valence-electron chi connectivity index (χ2n) is 5.34. The van der Waals surface area contributed by atoms with Crippen LogP contribution in [0.1, 0.15) is 40.9 Å². The SMILES string of the molecule is Cc1cccc(C)c1Cn1cnc2c1CCCC2. The van der Waals surface area contributed by atoms with Crippen LogP contribution in [0, 0.1) is 13.8 Å². The Kier molecular flexibility index (Phi) is 2.94. The van der Waals surface area contributed by atoms with Crippen LogP contribution in [0.3, 0.4) is 0 Å². The fourth-order valence-corrected chi connectivity index (χ4v) is 2.94. The maximum Gasteiger partial charge on any atom is 0.0954 e. The van der Waals surface area contributed by atoms with Crippen molar-refractivity contribution < 1.29 is 0 Å². The van der Waals surface area contributed by atoms with Crippen LogP contribution in [0.25, 0.3) is 0 Å². The fraction of sp³-hybridized carbons (Fsp3) is 0.438. The van der Waals surface area contributed by atoms with Gasteiger partial charge >= 0.3 is 0 Å². The molecule has 18 heavy (non-hydrogen) atoms. The van der Waals surface area contributed by atoms with Gasteiger partial charge in [0.25, 0.3) is 0 Å². The number of hydrogen-bond acceptors (Lipinski definition) is 1. The normalized spacial score (nSPS) is 14.6. The Morgan fingerprint density at radius 3 is 2.61 bits per heavy atom. The molecule has 2 heteroatoms. The van der Waals surface area contributed by atoms with Crippen molar-refractivity contribution in [2.45, 2.75) is 46.1 Å². The second kappa shape index (κ2) is 4.60. The number of rotatable bonds is 2. The van der Waals surface area contributed by atoms with E-state index in [2.05, 4.69) is 41.6 Å². The van der Waals surface area contributed by atoms with Crippen molar-refractivity contribution in [3.05, 3.63) is 52.6 Å². The highest BCUT2D eigenvalue weighted by Gasteiger charge is 2.15. The van der Waals surface area contributed by atoms with Crippen LogP contribution in [-0.2, 0) is 19.4 Å². The zero-order valence-electron chi connectivity index (χ0n) is 11.2. The van der Waals surface area contributed by atoms with Crippen LogP contribution in [0.5, 0.6) is 0 Å². The Bertz CT molecular complexity index is 546. The molecule has 1 aromatic heterocycles. The summed E-state index contributed by atoms with van der Waals surface area (Å²) in [4.78, 5) is 4.58. The molecule has 1 aliphatic rings. The van der Waals surface area contributed by atoms with Crippen molar-refractivity contribution in [3.8, 4) is 0 Å². The predicted molar refractivity (Wildman–Crippen MR) is 73.9 cm³/mol. The summed E-state index contributed by atoms with van der Waals surface area (Å²) in [6.07, 6.45) is 7.00. The van der Waals surface area contributed by atoms with Gasteiger partial charge in [0.15, 0.2) is 0 Å².